The van der Waals surface area contributed by atoms with Crippen molar-refractivity contribution in [3.05, 3.63) is 96.1 Å². The fraction of sp³-hybridized carbons (Fsp3) is 0.160. The van der Waals surface area contributed by atoms with Gasteiger partial charge in [0.2, 0.25) is 0 Å². The maximum absolute atomic E-state index is 13.0. The first kappa shape index (κ1) is 18.1. The van der Waals surface area contributed by atoms with E-state index in [1.54, 1.807) is 4.90 Å². The second-order valence-corrected chi connectivity index (χ2v) is 6.83. The van der Waals surface area contributed by atoms with Crippen molar-refractivity contribution in [1.82, 2.24) is 0 Å². The van der Waals surface area contributed by atoms with Crippen LogP contribution >= 0.6 is 0 Å². The molecular formula is C25H23NO2. The minimum atomic E-state index is -0.371. The van der Waals surface area contributed by atoms with E-state index in [0.717, 1.165) is 47.3 Å². The Morgan fingerprint density at radius 1 is 0.857 bits per heavy atom. The van der Waals surface area contributed by atoms with E-state index in [9.17, 15) is 4.79 Å². The minimum absolute atomic E-state index is 0.371. The summed E-state index contributed by atoms with van der Waals surface area (Å²) in [7, 11) is 0. The molecule has 1 aliphatic heterocycles. The number of carbonyl (C=O) groups is 1. The number of nitrogens with zero attached hydrogens (tertiary/aromatic N) is 1. The number of hydrogen-bond donors (Lipinski definition) is 0. The molecule has 140 valence electrons. The fourth-order valence-electron chi connectivity index (χ4n) is 3.57. The third kappa shape index (κ3) is 3.44. The van der Waals surface area contributed by atoms with E-state index >= 15 is 0 Å². The third-order valence-corrected chi connectivity index (χ3v) is 4.95. The molecule has 3 aromatic carbocycles. The van der Waals surface area contributed by atoms with Crippen LogP contribution in [0.4, 0.5) is 16.2 Å². The van der Waals surface area contributed by atoms with E-state index in [0.29, 0.717) is 5.76 Å². The van der Waals surface area contributed by atoms with Crippen molar-refractivity contribution in [2.24, 2.45) is 0 Å². The van der Waals surface area contributed by atoms with Gasteiger partial charge in [-0.15, -0.1) is 0 Å². The average molecular weight is 369 g/mol. The number of rotatable bonds is 5. The van der Waals surface area contributed by atoms with Gasteiger partial charge in [-0.1, -0.05) is 74.0 Å². The van der Waals surface area contributed by atoms with Crippen LogP contribution in [0.5, 0.6) is 0 Å². The zero-order valence-electron chi connectivity index (χ0n) is 16.0. The molecule has 3 nitrogen and oxygen atoms in total. The smallest absolute Gasteiger partial charge is 0.409 e. The standard InChI is InChI=1S/C25H23NO2/c1-2-3-16-21(19-12-6-4-7-13-19)24-22-17-10-11-18-23(22)26(25(27)28-24)20-14-8-5-9-15-20/h4-15,17-18H,2-3,16H2,1H3/b24-21-. The van der Waals surface area contributed by atoms with E-state index in [1.165, 1.54) is 0 Å². The lowest BCUT2D eigenvalue weighted by Crippen LogP contribution is -2.31. The molecule has 28 heavy (non-hydrogen) atoms. The van der Waals surface area contributed by atoms with Crippen molar-refractivity contribution in [3.8, 4) is 0 Å². The summed E-state index contributed by atoms with van der Waals surface area (Å²) in [4.78, 5) is 14.7. The Morgan fingerprint density at radius 2 is 1.50 bits per heavy atom. The first-order valence-electron chi connectivity index (χ1n) is 9.74. The van der Waals surface area contributed by atoms with Gasteiger partial charge in [-0.2, -0.15) is 0 Å². The number of allylic oxidation sites excluding steroid dienone is 1. The van der Waals surface area contributed by atoms with E-state index < -0.39 is 0 Å². The van der Waals surface area contributed by atoms with Gasteiger partial charge in [-0.05, 0) is 42.7 Å². The van der Waals surface area contributed by atoms with Crippen LogP contribution in [0.15, 0.2) is 84.9 Å². The van der Waals surface area contributed by atoms with Gasteiger partial charge in [0.15, 0.2) is 0 Å². The molecule has 0 aliphatic carbocycles. The highest BCUT2D eigenvalue weighted by Gasteiger charge is 2.32. The Bertz CT molecular complexity index is 993. The van der Waals surface area contributed by atoms with E-state index in [-0.39, 0.29) is 6.09 Å². The molecule has 1 heterocycles. The molecule has 0 bridgehead atoms. The summed E-state index contributed by atoms with van der Waals surface area (Å²) in [5.74, 6) is 0.674. The van der Waals surface area contributed by atoms with Crippen LogP contribution in [0.1, 0.15) is 37.3 Å². The van der Waals surface area contributed by atoms with Gasteiger partial charge in [0.25, 0.3) is 0 Å². The lowest BCUT2D eigenvalue weighted by atomic mass is 9.94. The highest BCUT2D eigenvalue weighted by molar-refractivity contribution is 6.08. The van der Waals surface area contributed by atoms with Crippen LogP contribution in [0.2, 0.25) is 0 Å². The van der Waals surface area contributed by atoms with Gasteiger partial charge in [0.1, 0.15) is 5.76 Å². The molecule has 0 spiro atoms. The Labute approximate surface area is 165 Å². The van der Waals surface area contributed by atoms with Crippen molar-refractivity contribution in [3.63, 3.8) is 0 Å². The number of carbonyl (C=O) groups excluding carboxylic acids is 1. The zero-order valence-corrected chi connectivity index (χ0v) is 16.0. The SMILES string of the molecule is CCCC/C(=C1/OC(=O)N(c2ccccc2)c2ccccc21)c1ccccc1. The van der Waals surface area contributed by atoms with Gasteiger partial charge >= 0.3 is 6.09 Å². The first-order chi connectivity index (χ1) is 13.8. The van der Waals surface area contributed by atoms with Crippen molar-refractivity contribution in [2.45, 2.75) is 26.2 Å². The number of fused-ring (bicyclic) bond motifs is 1. The summed E-state index contributed by atoms with van der Waals surface area (Å²) in [5.41, 5.74) is 4.78. The number of amides is 1. The Morgan fingerprint density at radius 3 is 2.21 bits per heavy atom. The Hall–Kier alpha value is -3.33. The maximum Gasteiger partial charge on any atom is 0.424 e. The number of benzene rings is 3. The molecule has 3 aromatic rings. The van der Waals surface area contributed by atoms with Crippen LogP contribution in [0, 0.1) is 0 Å². The predicted octanol–water partition coefficient (Wildman–Crippen LogP) is 7.03. The number of ether oxygens (including phenoxy) is 1. The van der Waals surface area contributed by atoms with E-state index in [2.05, 4.69) is 19.1 Å². The lowest BCUT2D eigenvalue weighted by molar-refractivity contribution is 0.200. The number of hydrogen-bond acceptors (Lipinski definition) is 2. The molecule has 0 atom stereocenters. The molecule has 1 amide bonds. The molecule has 0 unspecified atom stereocenters. The third-order valence-electron chi connectivity index (χ3n) is 4.95. The maximum atomic E-state index is 13.0. The molecule has 0 fully saturated rings. The quantitative estimate of drug-likeness (QED) is 0.483. The van der Waals surface area contributed by atoms with Crippen molar-refractivity contribution in [1.29, 1.82) is 0 Å². The summed E-state index contributed by atoms with van der Waals surface area (Å²) >= 11 is 0. The molecule has 0 saturated heterocycles. The average Bonchev–Trinajstić information content (AvgIpc) is 2.75. The predicted molar refractivity (Wildman–Crippen MR) is 114 cm³/mol. The van der Waals surface area contributed by atoms with Gasteiger partial charge in [-0.25, -0.2) is 9.69 Å². The number of para-hydroxylation sites is 2. The van der Waals surface area contributed by atoms with Crippen molar-refractivity contribution >= 4 is 28.8 Å². The summed E-state index contributed by atoms with van der Waals surface area (Å²) in [5, 5.41) is 0. The van der Waals surface area contributed by atoms with Gasteiger partial charge < -0.3 is 4.74 Å². The number of cyclic esters (lactones) is 1. The van der Waals surface area contributed by atoms with Crippen LogP contribution in [-0.2, 0) is 4.74 Å². The van der Waals surface area contributed by atoms with E-state index in [4.69, 9.17) is 4.74 Å². The molecule has 0 aromatic heterocycles. The van der Waals surface area contributed by atoms with Gasteiger partial charge in [-0.3, -0.25) is 0 Å². The van der Waals surface area contributed by atoms with Crippen molar-refractivity contribution < 1.29 is 9.53 Å². The normalized spacial score (nSPS) is 15.0. The summed E-state index contributed by atoms with van der Waals surface area (Å²) < 4.78 is 5.96. The molecule has 0 radical (unpaired) electrons. The zero-order chi connectivity index (χ0) is 19.3. The van der Waals surface area contributed by atoms with Crippen LogP contribution in [0.3, 0.4) is 0 Å². The Kier molecular flexibility index (Phi) is 5.24. The lowest BCUT2D eigenvalue weighted by Gasteiger charge is -2.31. The molecule has 0 saturated carbocycles. The van der Waals surface area contributed by atoms with Crippen LogP contribution < -0.4 is 4.90 Å². The second kappa shape index (κ2) is 8.13. The van der Waals surface area contributed by atoms with E-state index in [1.807, 2.05) is 72.8 Å². The fourth-order valence-corrected chi connectivity index (χ4v) is 3.57. The van der Waals surface area contributed by atoms with Crippen molar-refractivity contribution in [2.75, 3.05) is 4.90 Å². The minimum Gasteiger partial charge on any atom is -0.409 e. The van der Waals surface area contributed by atoms with Crippen LogP contribution in [-0.4, -0.2) is 6.09 Å². The van der Waals surface area contributed by atoms with Gasteiger partial charge in [0.05, 0.1) is 11.4 Å². The highest BCUT2D eigenvalue weighted by atomic mass is 16.6. The monoisotopic (exact) mass is 369 g/mol. The largest absolute Gasteiger partial charge is 0.424 e. The molecule has 0 N–H and O–H groups in total. The number of anilines is 2. The number of unbranched alkanes of at least 4 members (excludes halogenated alkanes) is 1. The molecule has 1 aliphatic rings. The summed E-state index contributed by atoms with van der Waals surface area (Å²) in [6.07, 6.45) is 2.61. The summed E-state index contributed by atoms with van der Waals surface area (Å²) in [6.45, 7) is 2.17. The van der Waals surface area contributed by atoms with Crippen LogP contribution in [0.25, 0.3) is 11.3 Å². The highest BCUT2D eigenvalue weighted by Crippen LogP contribution is 2.42. The summed E-state index contributed by atoms with van der Waals surface area (Å²) in [6, 6.07) is 27.8. The molecule has 3 heteroatoms. The first-order valence-corrected chi connectivity index (χ1v) is 9.74. The molecule has 4 rings (SSSR count). The second-order valence-electron chi connectivity index (χ2n) is 6.83. The van der Waals surface area contributed by atoms with Gasteiger partial charge in [0, 0.05) is 11.1 Å². The Balaban J connectivity index is 1.89. The topological polar surface area (TPSA) is 29.5 Å². The molecular weight excluding hydrogens is 346 g/mol.